The van der Waals surface area contributed by atoms with Crippen LogP contribution in [0.4, 0.5) is 0 Å². The third kappa shape index (κ3) is 4.17. The highest BCUT2D eigenvalue weighted by Gasteiger charge is 2.34. The number of carbonyl (C=O) groups is 1. The molecule has 0 radical (unpaired) electrons. The van der Waals surface area contributed by atoms with Gasteiger partial charge in [0.05, 0.1) is 10.9 Å². The Balaban J connectivity index is 1.47. The van der Waals surface area contributed by atoms with E-state index >= 15 is 0 Å². The van der Waals surface area contributed by atoms with E-state index in [0.717, 1.165) is 18.4 Å². The Labute approximate surface area is 164 Å². The molecule has 3 aromatic rings. The second-order valence-electron chi connectivity index (χ2n) is 7.04. The molecule has 1 aliphatic carbocycles. The normalized spacial score (nSPS) is 15.1. The molecule has 1 unspecified atom stereocenters. The molecule has 144 valence electrons. The predicted molar refractivity (Wildman–Crippen MR) is 105 cm³/mol. The molecule has 2 aromatic carbocycles. The maximum Gasteiger partial charge on any atom is 0.287 e. The zero-order chi connectivity index (χ0) is 19.6. The van der Waals surface area contributed by atoms with Gasteiger partial charge >= 0.3 is 0 Å². The van der Waals surface area contributed by atoms with Crippen LogP contribution in [0.15, 0.2) is 82.1 Å². The number of carbonyl (C=O) groups excluding carboxylic acids is 1. The summed E-state index contributed by atoms with van der Waals surface area (Å²) in [5.74, 6) is 0.189. The van der Waals surface area contributed by atoms with E-state index < -0.39 is 9.84 Å². The van der Waals surface area contributed by atoms with Crippen LogP contribution in [-0.2, 0) is 15.6 Å². The van der Waals surface area contributed by atoms with Crippen LogP contribution in [0.2, 0.25) is 0 Å². The molecule has 1 N–H and O–H groups in total. The number of sulfone groups is 1. The lowest BCUT2D eigenvalue weighted by Crippen LogP contribution is -2.29. The average molecular weight is 395 g/mol. The molecule has 6 heteroatoms. The van der Waals surface area contributed by atoms with Crippen molar-refractivity contribution in [3.8, 4) is 0 Å². The number of furan rings is 1. The van der Waals surface area contributed by atoms with Crippen LogP contribution in [0.25, 0.3) is 0 Å². The lowest BCUT2D eigenvalue weighted by Gasteiger charge is -2.18. The summed E-state index contributed by atoms with van der Waals surface area (Å²) in [6.07, 6.45) is 2.16. The molecule has 1 atom stereocenters. The van der Waals surface area contributed by atoms with E-state index in [1.165, 1.54) is 6.07 Å². The van der Waals surface area contributed by atoms with Crippen molar-refractivity contribution < 1.29 is 17.6 Å². The van der Waals surface area contributed by atoms with Crippen molar-refractivity contribution in [3.63, 3.8) is 0 Å². The monoisotopic (exact) mass is 395 g/mol. The minimum absolute atomic E-state index is 0.0599. The van der Waals surface area contributed by atoms with Crippen molar-refractivity contribution in [1.29, 1.82) is 0 Å². The molecule has 1 saturated carbocycles. The summed E-state index contributed by atoms with van der Waals surface area (Å²) in [6, 6.07) is 21.1. The lowest BCUT2D eigenvalue weighted by atomic mass is 10.0. The molecule has 1 amide bonds. The largest absolute Gasteiger partial charge is 0.455 e. The van der Waals surface area contributed by atoms with Crippen LogP contribution in [0.5, 0.6) is 0 Å². The Morgan fingerprint density at radius 3 is 2.25 bits per heavy atom. The third-order valence-corrected chi connectivity index (χ3v) is 6.51. The molecule has 1 fully saturated rings. The van der Waals surface area contributed by atoms with Gasteiger partial charge in [0, 0.05) is 0 Å². The summed E-state index contributed by atoms with van der Waals surface area (Å²) in [5, 5.41) is 3.04. The van der Waals surface area contributed by atoms with Crippen molar-refractivity contribution in [2.24, 2.45) is 5.92 Å². The minimum atomic E-state index is -3.52. The van der Waals surface area contributed by atoms with Gasteiger partial charge in [-0.2, -0.15) is 0 Å². The Morgan fingerprint density at radius 2 is 1.61 bits per heavy atom. The minimum Gasteiger partial charge on any atom is -0.455 e. The van der Waals surface area contributed by atoms with Gasteiger partial charge in [-0.3, -0.25) is 4.79 Å². The summed E-state index contributed by atoms with van der Waals surface area (Å²) >= 11 is 0. The van der Waals surface area contributed by atoms with Crippen LogP contribution in [0.3, 0.4) is 0 Å². The number of rotatable bonds is 7. The zero-order valence-electron chi connectivity index (χ0n) is 15.2. The smallest absolute Gasteiger partial charge is 0.287 e. The van der Waals surface area contributed by atoms with E-state index in [2.05, 4.69) is 5.32 Å². The van der Waals surface area contributed by atoms with Gasteiger partial charge < -0.3 is 9.73 Å². The Hall–Kier alpha value is -2.86. The molecule has 5 nitrogen and oxygen atoms in total. The van der Waals surface area contributed by atoms with Gasteiger partial charge in [-0.15, -0.1) is 0 Å². The number of hydrogen-bond acceptors (Lipinski definition) is 4. The van der Waals surface area contributed by atoms with Gasteiger partial charge in [-0.05, 0) is 48.6 Å². The molecule has 4 rings (SSSR count). The van der Waals surface area contributed by atoms with Crippen LogP contribution in [-0.4, -0.2) is 14.3 Å². The van der Waals surface area contributed by atoms with Gasteiger partial charge in [0.25, 0.3) is 5.91 Å². The average Bonchev–Trinajstić information content (AvgIpc) is 3.45. The van der Waals surface area contributed by atoms with Crippen LogP contribution in [0.1, 0.15) is 40.8 Å². The molecular formula is C22H21NO4S. The standard InChI is InChI=1S/C22H21NO4S/c24-22(23-21(17-11-12-17)16-7-3-1-4-8-16)20-14-13-18(27-20)15-28(25,26)19-9-5-2-6-10-19/h1-10,13-14,17,21H,11-12,15H2,(H,23,24). The summed E-state index contributed by atoms with van der Waals surface area (Å²) in [7, 11) is -3.52. The summed E-state index contributed by atoms with van der Waals surface area (Å²) in [5.41, 5.74) is 1.07. The van der Waals surface area contributed by atoms with Crippen LogP contribution >= 0.6 is 0 Å². The third-order valence-electron chi connectivity index (χ3n) is 4.86. The zero-order valence-corrected chi connectivity index (χ0v) is 16.1. The summed E-state index contributed by atoms with van der Waals surface area (Å²) in [4.78, 5) is 12.9. The Morgan fingerprint density at radius 1 is 0.964 bits per heavy atom. The van der Waals surface area contributed by atoms with E-state index in [9.17, 15) is 13.2 Å². The molecule has 1 aromatic heterocycles. The van der Waals surface area contributed by atoms with Gasteiger partial charge in [-0.1, -0.05) is 48.5 Å². The van der Waals surface area contributed by atoms with E-state index in [1.807, 2.05) is 30.3 Å². The van der Waals surface area contributed by atoms with Gasteiger partial charge in [0.2, 0.25) is 0 Å². The predicted octanol–water partition coefficient (Wildman–Crippen LogP) is 4.13. The number of nitrogens with one attached hydrogen (secondary N) is 1. The Bertz CT molecular complexity index is 1050. The van der Waals surface area contributed by atoms with Crippen LogP contribution in [0, 0.1) is 5.92 Å². The highest BCUT2D eigenvalue weighted by Crippen LogP contribution is 2.41. The highest BCUT2D eigenvalue weighted by molar-refractivity contribution is 7.90. The maximum atomic E-state index is 12.7. The first kappa shape index (κ1) is 18.5. The highest BCUT2D eigenvalue weighted by atomic mass is 32.2. The molecular weight excluding hydrogens is 374 g/mol. The fourth-order valence-electron chi connectivity index (χ4n) is 3.25. The second-order valence-corrected chi connectivity index (χ2v) is 9.03. The van der Waals surface area contributed by atoms with E-state index in [-0.39, 0.29) is 34.1 Å². The molecule has 0 saturated heterocycles. The number of hydrogen-bond donors (Lipinski definition) is 1. The summed E-state index contributed by atoms with van der Waals surface area (Å²) < 4.78 is 30.5. The van der Waals surface area contributed by atoms with E-state index in [0.29, 0.717) is 5.92 Å². The van der Waals surface area contributed by atoms with Crippen molar-refractivity contribution in [2.75, 3.05) is 0 Å². The quantitative estimate of drug-likeness (QED) is 0.652. The first-order valence-corrected chi connectivity index (χ1v) is 10.9. The van der Waals surface area contributed by atoms with Crippen molar-refractivity contribution >= 4 is 15.7 Å². The Kier molecular flexibility index (Phi) is 5.05. The van der Waals surface area contributed by atoms with Crippen molar-refractivity contribution in [1.82, 2.24) is 5.32 Å². The van der Waals surface area contributed by atoms with Gasteiger partial charge in [-0.25, -0.2) is 8.42 Å². The number of amides is 1. The molecule has 28 heavy (non-hydrogen) atoms. The maximum absolute atomic E-state index is 12.7. The van der Waals surface area contributed by atoms with Gasteiger partial charge in [0.15, 0.2) is 15.6 Å². The molecule has 0 bridgehead atoms. The first-order valence-electron chi connectivity index (χ1n) is 9.25. The molecule has 1 aliphatic rings. The lowest BCUT2D eigenvalue weighted by molar-refractivity contribution is 0.0902. The van der Waals surface area contributed by atoms with E-state index in [4.69, 9.17) is 4.42 Å². The van der Waals surface area contributed by atoms with Crippen molar-refractivity contribution in [2.45, 2.75) is 29.5 Å². The SMILES string of the molecule is O=C(NC(c1ccccc1)C1CC1)c1ccc(CS(=O)(=O)c2ccccc2)o1. The fourth-order valence-corrected chi connectivity index (χ4v) is 4.52. The van der Waals surface area contributed by atoms with Gasteiger partial charge in [0.1, 0.15) is 11.5 Å². The second kappa shape index (κ2) is 7.64. The molecule has 1 heterocycles. The topological polar surface area (TPSA) is 76.4 Å². The molecule has 0 spiro atoms. The number of benzene rings is 2. The molecule has 0 aliphatic heterocycles. The fraction of sp³-hybridized carbons (Fsp3) is 0.227. The van der Waals surface area contributed by atoms with Crippen LogP contribution < -0.4 is 5.32 Å². The van der Waals surface area contributed by atoms with E-state index in [1.54, 1.807) is 36.4 Å². The summed E-state index contributed by atoms with van der Waals surface area (Å²) in [6.45, 7) is 0. The first-order chi connectivity index (χ1) is 13.5. The van der Waals surface area contributed by atoms with Crippen molar-refractivity contribution in [3.05, 3.63) is 89.9 Å².